The van der Waals surface area contributed by atoms with E-state index in [1.54, 1.807) is 12.5 Å². The predicted molar refractivity (Wildman–Crippen MR) is 88.7 cm³/mol. The molecule has 0 saturated carbocycles. The number of rotatable bonds is 5. The second kappa shape index (κ2) is 6.33. The van der Waals surface area contributed by atoms with Crippen LogP contribution < -0.4 is 10.9 Å². The van der Waals surface area contributed by atoms with Crippen molar-refractivity contribution in [1.82, 2.24) is 24.8 Å². The summed E-state index contributed by atoms with van der Waals surface area (Å²) in [5.41, 5.74) is 1.73. The second-order valence-electron chi connectivity index (χ2n) is 5.32. The van der Waals surface area contributed by atoms with E-state index < -0.39 is 0 Å². The summed E-state index contributed by atoms with van der Waals surface area (Å²) in [5.74, 6) is -0.211. The summed E-state index contributed by atoms with van der Waals surface area (Å²) < 4.78 is 1.35. The van der Waals surface area contributed by atoms with Crippen molar-refractivity contribution in [2.75, 3.05) is 6.54 Å². The molecule has 0 unspecified atom stereocenters. The van der Waals surface area contributed by atoms with E-state index >= 15 is 0 Å². The number of aryl methyl sites for hydroxylation is 2. The monoisotopic (exact) mass is 331 g/mol. The highest BCUT2D eigenvalue weighted by atomic mass is 32.1. The molecule has 3 aromatic rings. The lowest BCUT2D eigenvalue weighted by molar-refractivity contribution is -0.121. The Labute approximate surface area is 136 Å². The van der Waals surface area contributed by atoms with E-state index in [0.29, 0.717) is 18.4 Å². The average Bonchev–Trinajstić information content (AvgIpc) is 3.12. The minimum atomic E-state index is -0.211. The van der Waals surface area contributed by atoms with Crippen LogP contribution in [-0.2, 0) is 17.8 Å². The lowest BCUT2D eigenvalue weighted by Gasteiger charge is -2.07. The number of hydrogen-bond acceptors (Lipinski definition) is 5. The third kappa shape index (κ3) is 3.16. The number of aromatic amines is 1. The van der Waals surface area contributed by atoms with Gasteiger partial charge in [0.15, 0.2) is 0 Å². The first kappa shape index (κ1) is 15.4. The Morgan fingerprint density at radius 1 is 1.43 bits per heavy atom. The van der Waals surface area contributed by atoms with E-state index in [-0.39, 0.29) is 18.0 Å². The molecule has 0 radical (unpaired) electrons. The lowest BCUT2D eigenvalue weighted by atomic mass is 10.2. The summed E-state index contributed by atoms with van der Waals surface area (Å²) in [6, 6.07) is 0. The van der Waals surface area contributed by atoms with Gasteiger partial charge in [0.2, 0.25) is 5.91 Å². The highest BCUT2D eigenvalue weighted by Crippen LogP contribution is 2.25. The molecule has 0 bridgehead atoms. The molecule has 0 aliphatic carbocycles. The van der Waals surface area contributed by atoms with Gasteiger partial charge in [-0.15, -0.1) is 11.3 Å². The number of fused-ring (bicyclic) bond motifs is 1. The van der Waals surface area contributed by atoms with Gasteiger partial charge in [-0.1, -0.05) is 0 Å². The van der Waals surface area contributed by atoms with Gasteiger partial charge in [0, 0.05) is 29.7 Å². The van der Waals surface area contributed by atoms with Crippen molar-refractivity contribution in [3.8, 4) is 0 Å². The smallest absolute Gasteiger partial charge is 0.262 e. The molecule has 0 aliphatic rings. The second-order valence-corrected chi connectivity index (χ2v) is 6.52. The van der Waals surface area contributed by atoms with Crippen LogP contribution in [0.5, 0.6) is 0 Å². The van der Waals surface area contributed by atoms with Crippen LogP contribution in [0.2, 0.25) is 0 Å². The van der Waals surface area contributed by atoms with E-state index in [4.69, 9.17) is 0 Å². The highest BCUT2D eigenvalue weighted by molar-refractivity contribution is 7.18. The van der Waals surface area contributed by atoms with E-state index in [1.807, 2.05) is 13.8 Å². The van der Waals surface area contributed by atoms with Gasteiger partial charge in [0.05, 0.1) is 18.0 Å². The zero-order valence-electron chi connectivity index (χ0n) is 12.9. The van der Waals surface area contributed by atoms with E-state index in [0.717, 1.165) is 21.0 Å². The molecular weight excluding hydrogens is 314 g/mol. The first-order valence-corrected chi connectivity index (χ1v) is 8.07. The van der Waals surface area contributed by atoms with Crippen molar-refractivity contribution in [2.45, 2.75) is 26.8 Å². The fraction of sp³-hybridized carbons (Fsp3) is 0.333. The summed E-state index contributed by atoms with van der Waals surface area (Å²) in [6.07, 6.45) is 5.42. The number of imidazole rings is 1. The Morgan fingerprint density at radius 2 is 2.26 bits per heavy atom. The summed E-state index contributed by atoms with van der Waals surface area (Å²) in [7, 11) is 0. The van der Waals surface area contributed by atoms with Gasteiger partial charge in [-0.2, -0.15) is 0 Å². The number of thiophene rings is 1. The maximum atomic E-state index is 12.5. The number of carbonyl (C=O) groups is 1. The summed E-state index contributed by atoms with van der Waals surface area (Å²) in [4.78, 5) is 37.5. The fourth-order valence-corrected chi connectivity index (χ4v) is 3.34. The average molecular weight is 331 g/mol. The molecule has 3 heterocycles. The third-order valence-corrected chi connectivity index (χ3v) is 4.86. The molecule has 120 valence electrons. The van der Waals surface area contributed by atoms with Crippen LogP contribution in [0.15, 0.2) is 23.6 Å². The van der Waals surface area contributed by atoms with Gasteiger partial charge >= 0.3 is 0 Å². The number of H-pyrrole nitrogens is 1. The Balaban J connectivity index is 1.68. The Kier molecular flexibility index (Phi) is 4.24. The summed E-state index contributed by atoms with van der Waals surface area (Å²) >= 11 is 1.50. The molecule has 0 saturated heterocycles. The Bertz CT molecular complexity index is 895. The molecule has 0 atom stereocenters. The normalized spacial score (nSPS) is 11.0. The molecule has 1 amide bonds. The van der Waals surface area contributed by atoms with Gasteiger partial charge in [-0.3, -0.25) is 14.2 Å². The zero-order chi connectivity index (χ0) is 16.4. The molecular formula is C15H17N5O2S. The van der Waals surface area contributed by atoms with Gasteiger partial charge in [-0.05, 0) is 19.4 Å². The largest absolute Gasteiger partial charge is 0.354 e. The van der Waals surface area contributed by atoms with Crippen molar-refractivity contribution in [1.29, 1.82) is 0 Å². The molecule has 3 rings (SSSR count). The van der Waals surface area contributed by atoms with E-state index in [2.05, 4.69) is 20.3 Å². The number of nitrogens with one attached hydrogen (secondary N) is 2. The SMILES string of the molecule is Cc1sc2ncn(CC(=O)NCCc3cnc[nH]3)c(=O)c2c1C. The molecule has 0 fully saturated rings. The fourth-order valence-electron chi connectivity index (χ4n) is 2.35. The highest BCUT2D eigenvalue weighted by Gasteiger charge is 2.13. The first-order valence-electron chi connectivity index (χ1n) is 7.25. The standard InChI is InChI=1S/C15H17N5O2S/c1-9-10(2)23-14-13(9)15(22)20(8-19-14)6-12(21)17-4-3-11-5-16-7-18-11/h5,7-8H,3-4,6H2,1-2H3,(H,16,18)(H,17,21). The first-order chi connectivity index (χ1) is 11.1. The molecule has 0 aliphatic heterocycles. The van der Waals surface area contributed by atoms with Crippen LogP contribution in [0.1, 0.15) is 16.1 Å². The van der Waals surface area contributed by atoms with Crippen molar-refractivity contribution >= 4 is 27.5 Å². The van der Waals surface area contributed by atoms with Crippen LogP contribution in [0, 0.1) is 13.8 Å². The summed E-state index contributed by atoms with van der Waals surface area (Å²) in [5, 5.41) is 3.40. The van der Waals surface area contributed by atoms with Gasteiger partial charge in [-0.25, -0.2) is 9.97 Å². The minimum absolute atomic E-state index is 0.0287. The quantitative estimate of drug-likeness (QED) is 0.734. The molecule has 0 aromatic carbocycles. The van der Waals surface area contributed by atoms with Crippen molar-refractivity contribution in [2.24, 2.45) is 0 Å². The predicted octanol–water partition coefficient (Wildman–Crippen LogP) is 1.16. The van der Waals surface area contributed by atoms with Crippen LogP contribution in [0.4, 0.5) is 0 Å². The number of carbonyl (C=O) groups excluding carboxylic acids is 1. The van der Waals surface area contributed by atoms with E-state index in [9.17, 15) is 9.59 Å². The van der Waals surface area contributed by atoms with Crippen molar-refractivity contribution in [3.63, 3.8) is 0 Å². The van der Waals surface area contributed by atoms with Crippen molar-refractivity contribution in [3.05, 3.63) is 45.3 Å². The number of amides is 1. The van der Waals surface area contributed by atoms with Crippen LogP contribution in [0.3, 0.4) is 0 Å². The zero-order valence-corrected chi connectivity index (χ0v) is 13.7. The number of nitrogens with zero attached hydrogens (tertiary/aromatic N) is 3. The van der Waals surface area contributed by atoms with Crippen molar-refractivity contribution < 1.29 is 4.79 Å². The minimum Gasteiger partial charge on any atom is -0.354 e. The maximum Gasteiger partial charge on any atom is 0.262 e. The molecule has 2 N–H and O–H groups in total. The molecule has 8 heteroatoms. The van der Waals surface area contributed by atoms with Crippen LogP contribution in [-0.4, -0.2) is 32.0 Å². The van der Waals surface area contributed by atoms with Gasteiger partial charge < -0.3 is 10.3 Å². The third-order valence-electron chi connectivity index (χ3n) is 3.74. The molecule has 0 spiro atoms. The molecule has 7 nitrogen and oxygen atoms in total. The maximum absolute atomic E-state index is 12.5. The Morgan fingerprint density at radius 3 is 3.00 bits per heavy atom. The number of aromatic nitrogens is 4. The molecule has 23 heavy (non-hydrogen) atoms. The topological polar surface area (TPSA) is 92.7 Å². The van der Waals surface area contributed by atoms with Gasteiger partial charge in [0.25, 0.3) is 5.56 Å². The number of hydrogen-bond donors (Lipinski definition) is 2. The van der Waals surface area contributed by atoms with Gasteiger partial charge in [0.1, 0.15) is 11.4 Å². The summed E-state index contributed by atoms with van der Waals surface area (Å²) in [6.45, 7) is 4.33. The van der Waals surface area contributed by atoms with E-state index in [1.165, 1.54) is 22.2 Å². The molecule has 3 aromatic heterocycles. The van der Waals surface area contributed by atoms with Crippen LogP contribution >= 0.6 is 11.3 Å². The van der Waals surface area contributed by atoms with Crippen LogP contribution in [0.25, 0.3) is 10.2 Å². The Hall–Kier alpha value is -2.48. The lowest BCUT2D eigenvalue weighted by Crippen LogP contribution is -2.33.